The smallest absolute Gasteiger partial charge is 0.101 e. The Bertz CT molecular complexity index is 820. The standard InChI is InChI=1S/C14H4N4/c15-5-9-3-11(7-17)12-2-1-10(6-16)14(8-18)13(12)4-9/h1-4H. The second kappa shape index (κ2) is 4.26. The van der Waals surface area contributed by atoms with Crippen molar-refractivity contribution in [1.29, 1.82) is 21.0 Å². The van der Waals surface area contributed by atoms with Gasteiger partial charge in [0, 0.05) is 10.8 Å². The SMILES string of the molecule is N#Cc1cc(C#N)c2ccc(C#N)c(C#N)c2c1. The van der Waals surface area contributed by atoms with Gasteiger partial charge in [-0.05, 0) is 18.2 Å². The van der Waals surface area contributed by atoms with Crippen LogP contribution in [0.2, 0.25) is 0 Å². The Labute approximate surface area is 103 Å². The molecule has 0 atom stereocenters. The minimum Gasteiger partial charge on any atom is -0.192 e. The molecule has 18 heavy (non-hydrogen) atoms. The average Bonchev–Trinajstić information content (AvgIpc) is 2.44. The third-order valence-electron chi connectivity index (χ3n) is 2.62. The van der Waals surface area contributed by atoms with Crippen molar-refractivity contribution in [2.24, 2.45) is 0 Å². The maximum Gasteiger partial charge on any atom is 0.101 e. The monoisotopic (exact) mass is 228 g/mol. The molecular formula is C14H4N4. The normalized spacial score (nSPS) is 8.89. The van der Waals surface area contributed by atoms with Gasteiger partial charge in [0.05, 0.1) is 34.4 Å². The summed E-state index contributed by atoms with van der Waals surface area (Å²) in [5, 5.41) is 37.0. The van der Waals surface area contributed by atoms with Gasteiger partial charge < -0.3 is 0 Å². The number of benzene rings is 2. The zero-order chi connectivity index (χ0) is 13.1. The van der Waals surface area contributed by atoms with Crippen LogP contribution in [0.3, 0.4) is 0 Å². The largest absolute Gasteiger partial charge is 0.192 e. The summed E-state index contributed by atoms with van der Waals surface area (Å²) in [5.74, 6) is 0. The van der Waals surface area contributed by atoms with Crippen LogP contribution in [0, 0.1) is 45.3 Å². The molecule has 0 spiro atoms. The van der Waals surface area contributed by atoms with Crippen LogP contribution >= 0.6 is 0 Å². The van der Waals surface area contributed by atoms with E-state index in [0.717, 1.165) is 0 Å². The minimum atomic E-state index is 0.198. The molecule has 0 radical (unpaired) electrons. The van der Waals surface area contributed by atoms with Crippen LogP contribution in [-0.2, 0) is 0 Å². The maximum atomic E-state index is 9.11. The lowest BCUT2D eigenvalue weighted by molar-refractivity contribution is 1.44. The molecule has 0 heterocycles. The molecule has 0 aromatic heterocycles. The Balaban J connectivity index is 3.05. The van der Waals surface area contributed by atoms with Gasteiger partial charge in [0.2, 0.25) is 0 Å². The van der Waals surface area contributed by atoms with Gasteiger partial charge >= 0.3 is 0 Å². The Kier molecular flexibility index (Phi) is 2.64. The molecule has 4 heteroatoms. The number of rotatable bonds is 0. The summed E-state index contributed by atoms with van der Waals surface area (Å²) in [6.07, 6.45) is 0. The van der Waals surface area contributed by atoms with Gasteiger partial charge in [0.15, 0.2) is 0 Å². The molecule has 2 aromatic carbocycles. The fraction of sp³-hybridized carbons (Fsp3) is 0. The number of fused-ring (bicyclic) bond motifs is 1. The van der Waals surface area contributed by atoms with Gasteiger partial charge in [-0.25, -0.2) is 0 Å². The summed E-state index contributed by atoms with van der Waals surface area (Å²) in [4.78, 5) is 0. The highest BCUT2D eigenvalue weighted by molar-refractivity contribution is 5.94. The molecule has 2 aromatic rings. The predicted octanol–water partition coefficient (Wildman–Crippen LogP) is 2.33. The van der Waals surface area contributed by atoms with Crippen LogP contribution in [0.4, 0.5) is 0 Å². The fourth-order valence-corrected chi connectivity index (χ4v) is 1.81. The van der Waals surface area contributed by atoms with Crippen molar-refractivity contribution in [2.45, 2.75) is 0 Å². The van der Waals surface area contributed by atoms with E-state index in [-0.39, 0.29) is 11.1 Å². The molecule has 0 aliphatic carbocycles. The first kappa shape index (κ1) is 11.2. The summed E-state index contributed by atoms with van der Waals surface area (Å²) >= 11 is 0. The van der Waals surface area contributed by atoms with Crippen molar-refractivity contribution in [3.63, 3.8) is 0 Å². The number of hydrogen-bond donors (Lipinski definition) is 0. The van der Waals surface area contributed by atoms with Crippen LogP contribution in [0.1, 0.15) is 22.3 Å². The number of nitriles is 4. The van der Waals surface area contributed by atoms with E-state index in [9.17, 15) is 0 Å². The highest BCUT2D eigenvalue weighted by Gasteiger charge is 2.11. The molecule has 0 bridgehead atoms. The average molecular weight is 228 g/mol. The van der Waals surface area contributed by atoms with Gasteiger partial charge in [-0.2, -0.15) is 21.0 Å². The lowest BCUT2D eigenvalue weighted by atomic mass is 9.95. The number of nitrogens with zero attached hydrogens (tertiary/aromatic N) is 4. The van der Waals surface area contributed by atoms with Crippen molar-refractivity contribution in [1.82, 2.24) is 0 Å². The summed E-state index contributed by atoms with van der Waals surface area (Å²) in [5.41, 5.74) is 1.06. The van der Waals surface area contributed by atoms with Gasteiger partial charge in [-0.1, -0.05) is 6.07 Å². The Hall–Kier alpha value is -3.34. The second-order valence-corrected chi connectivity index (χ2v) is 3.55. The lowest BCUT2D eigenvalue weighted by Gasteiger charge is -2.04. The van der Waals surface area contributed by atoms with Crippen molar-refractivity contribution in [3.05, 3.63) is 46.5 Å². The highest BCUT2D eigenvalue weighted by atomic mass is 14.3. The lowest BCUT2D eigenvalue weighted by Crippen LogP contribution is -1.90. The van der Waals surface area contributed by atoms with E-state index in [4.69, 9.17) is 21.0 Å². The quantitative estimate of drug-likeness (QED) is 0.691. The van der Waals surface area contributed by atoms with Gasteiger partial charge in [-0.3, -0.25) is 0 Å². The molecule has 0 N–H and O–H groups in total. The van der Waals surface area contributed by atoms with E-state index in [1.807, 2.05) is 24.3 Å². The molecule has 2 rings (SSSR count). The van der Waals surface area contributed by atoms with Crippen molar-refractivity contribution >= 4 is 10.8 Å². The zero-order valence-electron chi connectivity index (χ0n) is 9.10. The first-order valence-corrected chi connectivity index (χ1v) is 4.96. The van der Waals surface area contributed by atoms with Crippen LogP contribution in [-0.4, -0.2) is 0 Å². The molecule has 0 unspecified atom stereocenters. The van der Waals surface area contributed by atoms with Crippen molar-refractivity contribution in [3.8, 4) is 24.3 Å². The third kappa shape index (κ3) is 1.52. The van der Waals surface area contributed by atoms with Gasteiger partial charge in [-0.15, -0.1) is 0 Å². The van der Waals surface area contributed by atoms with Crippen molar-refractivity contribution in [2.75, 3.05) is 0 Å². The van der Waals surface area contributed by atoms with Crippen LogP contribution < -0.4 is 0 Å². The predicted molar refractivity (Wildman–Crippen MR) is 62.8 cm³/mol. The molecule has 0 amide bonds. The summed E-state index contributed by atoms with van der Waals surface area (Å²) in [7, 11) is 0. The van der Waals surface area contributed by atoms with E-state index in [1.165, 1.54) is 18.2 Å². The Morgan fingerprint density at radius 2 is 1.39 bits per heavy atom. The first-order valence-electron chi connectivity index (χ1n) is 4.96. The maximum absolute atomic E-state index is 9.11. The Morgan fingerprint density at radius 1 is 0.667 bits per heavy atom. The molecule has 0 saturated heterocycles. The molecule has 4 nitrogen and oxygen atoms in total. The third-order valence-corrected chi connectivity index (χ3v) is 2.62. The molecule has 0 fully saturated rings. The second-order valence-electron chi connectivity index (χ2n) is 3.55. The van der Waals surface area contributed by atoms with E-state index in [1.54, 1.807) is 6.07 Å². The van der Waals surface area contributed by atoms with Gasteiger partial charge in [0.25, 0.3) is 0 Å². The molecule has 0 saturated carbocycles. The molecule has 0 aliphatic heterocycles. The van der Waals surface area contributed by atoms with Gasteiger partial charge in [0.1, 0.15) is 12.1 Å². The first-order chi connectivity index (χ1) is 8.74. The summed E-state index contributed by atoms with van der Waals surface area (Å²) in [6, 6.07) is 13.9. The molecule has 0 aliphatic rings. The fourth-order valence-electron chi connectivity index (χ4n) is 1.81. The molecule has 80 valence electrons. The summed E-state index contributed by atoms with van der Waals surface area (Å²) < 4.78 is 0. The Morgan fingerprint density at radius 3 is 1.94 bits per heavy atom. The topological polar surface area (TPSA) is 95.2 Å². The summed E-state index contributed by atoms with van der Waals surface area (Å²) in [6.45, 7) is 0. The van der Waals surface area contributed by atoms with E-state index < -0.39 is 0 Å². The van der Waals surface area contributed by atoms with E-state index >= 15 is 0 Å². The molecular weight excluding hydrogens is 224 g/mol. The van der Waals surface area contributed by atoms with Crippen LogP contribution in [0.5, 0.6) is 0 Å². The van der Waals surface area contributed by atoms with E-state index in [2.05, 4.69) is 0 Å². The van der Waals surface area contributed by atoms with E-state index in [0.29, 0.717) is 21.9 Å². The zero-order valence-corrected chi connectivity index (χ0v) is 9.10. The van der Waals surface area contributed by atoms with Crippen LogP contribution in [0.15, 0.2) is 24.3 Å². The number of hydrogen-bond acceptors (Lipinski definition) is 4. The van der Waals surface area contributed by atoms with Crippen LogP contribution in [0.25, 0.3) is 10.8 Å². The highest BCUT2D eigenvalue weighted by Crippen LogP contribution is 2.26. The minimum absolute atomic E-state index is 0.198. The van der Waals surface area contributed by atoms with Crippen molar-refractivity contribution < 1.29 is 0 Å².